The fraction of sp³-hybridized carbons (Fsp3) is 0.528. The molecule has 0 aromatic heterocycles. The summed E-state index contributed by atoms with van der Waals surface area (Å²) in [5.74, 6) is -1.73. The Bertz CT molecular complexity index is 1490. The average molecular weight is 694 g/mol. The number of benzene rings is 2. The van der Waals surface area contributed by atoms with Crippen LogP contribution in [-0.4, -0.2) is 109 Å². The van der Waals surface area contributed by atoms with Crippen molar-refractivity contribution in [3.8, 4) is 11.5 Å². The predicted octanol–water partition coefficient (Wildman–Crippen LogP) is 0.460. The van der Waals surface area contributed by atoms with Gasteiger partial charge >= 0.3 is 0 Å². The van der Waals surface area contributed by atoms with Gasteiger partial charge in [-0.25, -0.2) is 0 Å². The Kier molecular flexibility index (Phi) is 12.3. The zero-order valence-corrected chi connectivity index (χ0v) is 28.5. The highest BCUT2D eigenvalue weighted by molar-refractivity contribution is 5.95. The van der Waals surface area contributed by atoms with E-state index in [4.69, 9.17) is 14.2 Å². The van der Waals surface area contributed by atoms with Gasteiger partial charge in [0.2, 0.25) is 23.6 Å². The highest BCUT2D eigenvalue weighted by Crippen LogP contribution is 2.32. The molecule has 1 spiro atoms. The second-order valence-corrected chi connectivity index (χ2v) is 13.1. The molecule has 50 heavy (non-hydrogen) atoms. The standard InChI is InChI=1S/C36H47N5O9/c1-23-31(43)39-29(22-25-6-4-3-5-7-25)32(44)37-16-21-49-27-8-10-28(11-9-27)50-36(35(47)40-30(24(2)42)33(45)38-23)14-17-41(18-15-36)34(46)26-12-19-48-20-13-26/h3-11,23-24,26,29-30,42H,12-22H2,1-2H3,(H,37,44)(H,38,45)(H,39,43)(H,40,47)/t23-,24+,29-,30?/m0/s1. The Balaban J connectivity index is 1.37. The van der Waals surface area contributed by atoms with Crippen LogP contribution in [0.3, 0.4) is 0 Å². The average Bonchev–Trinajstić information content (AvgIpc) is 3.12. The van der Waals surface area contributed by atoms with Crippen molar-refractivity contribution >= 4 is 29.5 Å². The first-order valence-electron chi connectivity index (χ1n) is 17.2. The molecule has 14 heteroatoms. The van der Waals surface area contributed by atoms with E-state index in [0.717, 1.165) is 5.56 Å². The van der Waals surface area contributed by atoms with Gasteiger partial charge in [-0.1, -0.05) is 30.3 Å². The molecule has 6 rings (SSSR count). The summed E-state index contributed by atoms with van der Waals surface area (Å²) in [6.07, 6.45) is 0.435. The summed E-state index contributed by atoms with van der Waals surface area (Å²) >= 11 is 0. The van der Waals surface area contributed by atoms with Gasteiger partial charge in [0.1, 0.15) is 36.2 Å². The van der Waals surface area contributed by atoms with Crippen LogP contribution in [0, 0.1) is 5.92 Å². The van der Waals surface area contributed by atoms with Crippen LogP contribution in [-0.2, 0) is 35.1 Å². The number of aliphatic hydroxyl groups excluding tert-OH is 1. The summed E-state index contributed by atoms with van der Waals surface area (Å²) < 4.78 is 17.6. The summed E-state index contributed by atoms with van der Waals surface area (Å²) in [7, 11) is 0. The molecule has 1 unspecified atom stereocenters. The summed E-state index contributed by atoms with van der Waals surface area (Å²) in [6, 6.07) is 12.4. The first kappa shape index (κ1) is 36.6. The topological polar surface area (TPSA) is 185 Å². The van der Waals surface area contributed by atoms with Gasteiger partial charge in [-0.3, -0.25) is 24.0 Å². The molecule has 0 saturated carbocycles. The molecule has 0 radical (unpaired) electrons. The number of nitrogens with one attached hydrogen (secondary N) is 4. The van der Waals surface area contributed by atoms with E-state index in [2.05, 4.69) is 21.3 Å². The molecule has 2 aromatic carbocycles. The van der Waals surface area contributed by atoms with Gasteiger partial charge in [0.25, 0.3) is 5.91 Å². The minimum Gasteiger partial charge on any atom is -0.492 e. The Morgan fingerprint density at radius 2 is 1.54 bits per heavy atom. The Morgan fingerprint density at radius 1 is 0.880 bits per heavy atom. The molecule has 2 bridgehead atoms. The molecule has 2 saturated heterocycles. The van der Waals surface area contributed by atoms with Crippen molar-refractivity contribution < 1.29 is 43.3 Å². The van der Waals surface area contributed by atoms with Gasteiger partial charge in [-0.2, -0.15) is 0 Å². The van der Waals surface area contributed by atoms with E-state index in [-0.39, 0.29) is 57.3 Å². The van der Waals surface area contributed by atoms with E-state index in [1.807, 2.05) is 30.3 Å². The molecule has 4 atom stereocenters. The van der Waals surface area contributed by atoms with Crippen LogP contribution in [0.5, 0.6) is 11.5 Å². The molecule has 4 aliphatic heterocycles. The fourth-order valence-electron chi connectivity index (χ4n) is 6.36. The summed E-state index contributed by atoms with van der Waals surface area (Å²) in [5, 5.41) is 21.4. The normalized spacial score (nSPS) is 24.9. The van der Waals surface area contributed by atoms with Gasteiger partial charge in [-0.05, 0) is 56.5 Å². The van der Waals surface area contributed by atoms with Crippen LogP contribution in [0.2, 0.25) is 0 Å². The van der Waals surface area contributed by atoms with Gasteiger partial charge in [-0.15, -0.1) is 0 Å². The summed E-state index contributed by atoms with van der Waals surface area (Å²) in [4.78, 5) is 69.1. The number of aliphatic hydroxyl groups is 1. The molecule has 4 heterocycles. The number of ether oxygens (including phenoxy) is 3. The number of carbonyl (C=O) groups excluding carboxylic acids is 5. The smallest absolute Gasteiger partial charge is 0.265 e. The molecule has 5 N–H and O–H groups in total. The second kappa shape index (κ2) is 16.8. The Morgan fingerprint density at radius 3 is 2.20 bits per heavy atom. The van der Waals surface area contributed by atoms with Crippen LogP contribution >= 0.6 is 0 Å². The van der Waals surface area contributed by atoms with Crippen molar-refractivity contribution in [2.75, 3.05) is 39.5 Å². The lowest BCUT2D eigenvalue weighted by atomic mass is 9.88. The molecule has 2 aromatic rings. The number of hydrogen-bond donors (Lipinski definition) is 5. The number of amides is 5. The van der Waals surface area contributed by atoms with E-state index in [1.165, 1.54) is 13.8 Å². The third-order valence-corrected chi connectivity index (χ3v) is 9.39. The van der Waals surface area contributed by atoms with E-state index >= 15 is 0 Å². The number of hydrogen-bond acceptors (Lipinski definition) is 9. The molecule has 0 aliphatic carbocycles. The van der Waals surface area contributed by atoms with Gasteiger partial charge in [0.15, 0.2) is 5.60 Å². The number of nitrogens with zero attached hydrogens (tertiary/aromatic N) is 1. The van der Waals surface area contributed by atoms with Crippen molar-refractivity contribution in [2.45, 2.75) is 75.8 Å². The lowest BCUT2D eigenvalue weighted by Gasteiger charge is -2.42. The monoisotopic (exact) mass is 693 g/mol. The maximum absolute atomic E-state index is 14.1. The van der Waals surface area contributed by atoms with Gasteiger partial charge in [0, 0.05) is 51.5 Å². The highest BCUT2D eigenvalue weighted by Gasteiger charge is 2.47. The maximum atomic E-state index is 14.1. The maximum Gasteiger partial charge on any atom is 0.265 e. The first-order valence-corrected chi connectivity index (χ1v) is 17.2. The zero-order valence-electron chi connectivity index (χ0n) is 28.5. The lowest BCUT2D eigenvalue weighted by molar-refractivity contribution is -0.151. The Hall–Kier alpha value is -4.69. The van der Waals surface area contributed by atoms with Gasteiger partial charge < -0.3 is 45.5 Å². The SMILES string of the molecule is C[C@@H]1NC(=O)C([C@@H](C)O)NC(=O)C2(CCN(C(=O)C3CCOCC3)CC2)Oc2ccc(cc2)OCCNC(=O)[C@H](Cc2ccccc2)NC1=O. The number of piperidine rings is 1. The number of carbonyl (C=O) groups is 5. The summed E-state index contributed by atoms with van der Waals surface area (Å²) in [5.41, 5.74) is -0.650. The molecule has 14 nitrogen and oxygen atoms in total. The minimum atomic E-state index is -1.47. The molecule has 4 aliphatic rings. The van der Waals surface area contributed by atoms with E-state index in [0.29, 0.717) is 37.6 Å². The van der Waals surface area contributed by atoms with Crippen LogP contribution in [0.25, 0.3) is 0 Å². The third kappa shape index (κ3) is 9.30. The summed E-state index contributed by atoms with van der Waals surface area (Å²) in [6.45, 7) is 4.69. The number of fused-ring (bicyclic) bond motifs is 15. The first-order chi connectivity index (χ1) is 24.0. The molecular weight excluding hydrogens is 646 g/mol. The minimum absolute atomic E-state index is 0.0210. The van der Waals surface area contributed by atoms with Crippen molar-refractivity contribution in [2.24, 2.45) is 5.92 Å². The van der Waals surface area contributed by atoms with E-state index in [1.54, 1.807) is 29.2 Å². The lowest BCUT2D eigenvalue weighted by Crippen LogP contribution is -2.64. The molecule has 2 fully saturated rings. The van der Waals surface area contributed by atoms with Crippen LogP contribution in [0.15, 0.2) is 54.6 Å². The third-order valence-electron chi connectivity index (χ3n) is 9.39. The van der Waals surface area contributed by atoms with Crippen molar-refractivity contribution in [3.63, 3.8) is 0 Å². The van der Waals surface area contributed by atoms with Crippen molar-refractivity contribution in [1.82, 2.24) is 26.2 Å². The van der Waals surface area contributed by atoms with Crippen molar-refractivity contribution in [1.29, 1.82) is 0 Å². The van der Waals surface area contributed by atoms with Crippen LogP contribution in [0.1, 0.15) is 45.1 Å². The zero-order chi connectivity index (χ0) is 35.7. The van der Waals surface area contributed by atoms with E-state index in [9.17, 15) is 29.1 Å². The fourth-order valence-corrected chi connectivity index (χ4v) is 6.36. The predicted molar refractivity (Wildman–Crippen MR) is 181 cm³/mol. The Labute approximate surface area is 291 Å². The second-order valence-electron chi connectivity index (χ2n) is 13.1. The molecule has 5 amide bonds. The number of likely N-dealkylation sites (tertiary alicyclic amines) is 1. The van der Waals surface area contributed by atoms with Crippen LogP contribution < -0.4 is 30.7 Å². The van der Waals surface area contributed by atoms with Gasteiger partial charge in [0.05, 0.1) is 12.6 Å². The molecular formula is C36H47N5O9. The van der Waals surface area contributed by atoms with Crippen LogP contribution in [0.4, 0.5) is 0 Å². The highest BCUT2D eigenvalue weighted by atomic mass is 16.5. The molecule has 270 valence electrons. The van der Waals surface area contributed by atoms with E-state index < -0.39 is 53.5 Å². The quantitative estimate of drug-likeness (QED) is 0.284. The number of rotatable bonds is 4. The van der Waals surface area contributed by atoms with Crippen molar-refractivity contribution in [3.05, 3.63) is 60.2 Å². The largest absolute Gasteiger partial charge is 0.492 e.